The highest BCUT2D eigenvalue weighted by atomic mass is 16.1. The van der Waals surface area contributed by atoms with Crippen LogP contribution in [-0.4, -0.2) is 5.78 Å². The minimum atomic E-state index is 0.0280. The molecule has 0 aliphatic rings. The summed E-state index contributed by atoms with van der Waals surface area (Å²) in [7, 11) is 0. The van der Waals surface area contributed by atoms with Crippen LogP contribution in [0.1, 0.15) is 41.4 Å². The van der Waals surface area contributed by atoms with Crippen molar-refractivity contribution in [2.75, 3.05) is 0 Å². The van der Waals surface area contributed by atoms with Gasteiger partial charge in [0.1, 0.15) is 0 Å². The fraction of sp³-hybridized carbons (Fsp3) is 0.211. The lowest BCUT2D eigenvalue weighted by Crippen LogP contribution is -2.17. The molecule has 0 heterocycles. The number of carbonyl (C=O) groups is 1. The summed E-state index contributed by atoms with van der Waals surface area (Å²) in [5.41, 5.74) is 3.95. The topological polar surface area (TPSA) is 29.1 Å². The van der Waals surface area contributed by atoms with Crippen molar-refractivity contribution >= 4 is 5.78 Å². The van der Waals surface area contributed by atoms with Gasteiger partial charge in [-0.2, -0.15) is 0 Å². The van der Waals surface area contributed by atoms with E-state index in [-0.39, 0.29) is 11.8 Å². The maximum Gasteiger partial charge on any atom is 0.187 e. The van der Waals surface area contributed by atoms with Gasteiger partial charge in [0, 0.05) is 23.4 Å². The zero-order chi connectivity index (χ0) is 15.2. The SMILES string of the molecule is CC(=CC(=O)c1ccc(C)cc1)NC(C)c1ccccc1. The van der Waals surface area contributed by atoms with Crippen molar-refractivity contribution in [3.63, 3.8) is 0 Å². The molecule has 2 rings (SSSR count). The molecule has 0 saturated carbocycles. The van der Waals surface area contributed by atoms with Crippen LogP contribution < -0.4 is 5.32 Å². The standard InChI is InChI=1S/C19H21NO/c1-14-9-11-18(12-10-14)19(21)13-15(2)20-16(3)17-7-5-4-6-8-17/h4-13,16,20H,1-3H3. The summed E-state index contributed by atoms with van der Waals surface area (Å²) in [5, 5.41) is 3.35. The summed E-state index contributed by atoms with van der Waals surface area (Å²) in [6.45, 7) is 6.02. The third-order valence-corrected chi connectivity index (χ3v) is 3.43. The molecular formula is C19H21NO. The van der Waals surface area contributed by atoms with Crippen LogP contribution in [-0.2, 0) is 0 Å². The van der Waals surface area contributed by atoms with Crippen molar-refractivity contribution in [1.82, 2.24) is 5.32 Å². The molecule has 2 aromatic carbocycles. The molecule has 108 valence electrons. The van der Waals surface area contributed by atoms with Gasteiger partial charge in [-0.25, -0.2) is 0 Å². The van der Waals surface area contributed by atoms with Crippen LogP contribution in [0.25, 0.3) is 0 Å². The highest BCUT2D eigenvalue weighted by molar-refractivity contribution is 6.04. The number of nitrogens with one attached hydrogen (secondary N) is 1. The van der Waals surface area contributed by atoms with Crippen LogP contribution in [0, 0.1) is 6.92 Å². The number of rotatable bonds is 5. The van der Waals surface area contributed by atoms with Crippen LogP contribution in [0.2, 0.25) is 0 Å². The summed E-state index contributed by atoms with van der Waals surface area (Å²) in [4.78, 5) is 12.2. The van der Waals surface area contributed by atoms with Crippen LogP contribution in [0.4, 0.5) is 0 Å². The lowest BCUT2D eigenvalue weighted by molar-refractivity contribution is 0.104. The molecule has 2 aromatic rings. The van der Waals surface area contributed by atoms with Gasteiger partial charge in [0.25, 0.3) is 0 Å². The van der Waals surface area contributed by atoms with Crippen molar-refractivity contribution in [2.24, 2.45) is 0 Å². The van der Waals surface area contributed by atoms with Gasteiger partial charge in [-0.1, -0.05) is 60.2 Å². The van der Waals surface area contributed by atoms with Crippen molar-refractivity contribution in [3.8, 4) is 0 Å². The Bertz CT molecular complexity index is 626. The second-order valence-corrected chi connectivity index (χ2v) is 5.33. The average molecular weight is 279 g/mol. The lowest BCUT2D eigenvalue weighted by Gasteiger charge is -2.15. The molecule has 0 amide bonds. The lowest BCUT2D eigenvalue weighted by atomic mass is 10.1. The van der Waals surface area contributed by atoms with Gasteiger partial charge >= 0.3 is 0 Å². The molecule has 0 aromatic heterocycles. The maximum absolute atomic E-state index is 12.2. The minimum absolute atomic E-state index is 0.0280. The van der Waals surface area contributed by atoms with E-state index in [1.54, 1.807) is 6.08 Å². The molecule has 21 heavy (non-hydrogen) atoms. The third kappa shape index (κ3) is 4.32. The van der Waals surface area contributed by atoms with E-state index in [1.165, 1.54) is 5.56 Å². The molecule has 0 fully saturated rings. The Hall–Kier alpha value is -2.35. The van der Waals surface area contributed by atoms with Gasteiger partial charge < -0.3 is 5.32 Å². The van der Waals surface area contributed by atoms with E-state index in [1.807, 2.05) is 56.3 Å². The molecule has 1 atom stereocenters. The molecule has 0 bridgehead atoms. The van der Waals surface area contributed by atoms with E-state index in [0.29, 0.717) is 5.56 Å². The molecule has 0 spiro atoms. The van der Waals surface area contributed by atoms with Gasteiger partial charge in [-0.15, -0.1) is 0 Å². The molecule has 1 unspecified atom stereocenters. The van der Waals surface area contributed by atoms with Crippen LogP contribution in [0.3, 0.4) is 0 Å². The van der Waals surface area contributed by atoms with Crippen molar-refractivity contribution in [2.45, 2.75) is 26.8 Å². The maximum atomic E-state index is 12.2. The van der Waals surface area contributed by atoms with E-state index in [9.17, 15) is 4.79 Å². The average Bonchev–Trinajstić information content (AvgIpc) is 2.48. The quantitative estimate of drug-likeness (QED) is 0.648. The van der Waals surface area contributed by atoms with E-state index >= 15 is 0 Å². The summed E-state index contributed by atoms with van der Waals surface area (Å²) in [6, 6.07) is 18.0. The predicted molar refractivity (Wildman–Crippen MR) is 87.3 cm³/mol. The van der Waals surface area contributed by atoms with E-state index in [0.717, 1.165) is 11.3 Å². The van der Waals surface area contributed by atoms with Crippen molar-refractivity contribution in [3.05, 3.63) is 83.1 Å². The second kappa shape index (κ2) is 6.89. The first kappa shape index (κ1) is 15.0. The largest absolute Gasteiger partial charge is 0.382 e. The zero-order valence-corrected chi connectivity index (χ0v) is 12.8. The molecule has 0 aliphatic heterocycles. The number of hydrogen-bond donors (Lipinski definition) is 1. The fourth-order valence-corrected chi connectivity index (χ4v) is 2.21. The summed E-state index contributed by atoms with van der Waals surface area (Å²) in [5.74, 6) is 0.0280. The van der Waals surface area contributed by atoms with Gasteiger partial charge in [0.2, 0.25) is 0 Å². The molecule has 1 N–H and O–H groups in total. The first-order valence-corrected chi connectivity index (χ1v) is 7.17. The van der Waals surface area contributed by atoms with Crippen LogP contribution >= 0.6 is 0 Å². The summed E-state index contributed by atoms with van der Waals surface area (Å²) < 4.78 is 0. The Morgan fingerprint density at radius 3 is 2.29 bits per heavy atom. The smallest absolute Gasteiger partial charge is 0.187 e. The summed E-state index contributed by atoms with van der Waals surface area (Å²) >= 11 is 0. The van der Waals surface area contributed by atoms with Gasteiger partial charge in [0.05, 0.1) is 0 Å². The number of carbonyl (C=O) groups excluding carboxylic acids is 1. The second-order valence-electron chi connectivity index (χ2n) is 5.33. The van der Waals surface area contributed by atoms with Gasteiger partial charge in [0.15, 0.2) is 5.78 Å². The van der Waals surface area contributed by atoms with Gasteiger partial charge in [-0.05, 0) is 26.3 Å². The molecule has 2 heteroatoms. The third-order valence-electron chi connectivity index (χ3n) is 3.43. The molecular weight excluding hydrogens is 258 g/mol. The Morgan fingerprint density at radius 1 is 1.05 bits per heavy atom. The predicted octanol–water partition coefficient (Wildman–Crippen LogP) is 4.43. The first-order chi connectivity index (χ1) is 10.1. The molecule has 0 saturated heterocycles. The number of hydrogen-bond acceptors (Lipinski definition) is 2. The zero-order valence-electron chi connectivity index (χ0n) is 12.8. The number of allylic oxidation sites excluding steroid dienone is 2. The van der Waals surface area contributed by atoms with Crippen molar-refractivity contribution < 1.29 is 4.79 Å². The monoisotopic (exact) mass is 279 g/mol. The van der Waals surface area contributed by atoms with E-state index < -0.39 is 0 Å². The number of benzene rings is 2. The normalized spacial score (nSPS) is 12.8. The molecule has 0 aliphatic carbocycles. The summed E-state index contributed by atoms with van der Waals surface area (Å²) in [6.07, 6.45) is 1.66. The Labute approximate surface area is 126 Å². The highest BCUT2D eigenvalue weighted by Gasteiger charge is 2.06. The minimum Gasteiger partial charge on any atom is -0.382 e. The van der Waals surface area contributed by atoms with Crippen LogP contribution in [0.5, 0.6) is 0 Å². The fourth-order valence-electron chi connectivity index (χ4n) is 2.21. The van der Waals surface area contributed by atoms with E-state index in [2.05, 4.69) is 24.4 Å². The highest BCUT2D eigenvalue weighted by Crippen LogP contribution is 2.13. The first-order valence-electron chi connectivity index (χ1n) is 7.17. The Balaban J connectivity index is 2.04. The number of ketones is 1. The van der Waals surface area contributed by atoms with E-state index in [4.69, 9.17) is 0 Å². The van der Waals surface area contributed by atoms with Crippen molar-refractivity contribution in [1.29, 1.82) is 0 Å². The molecule has 0 radical (unpaired) electrons. The number of aryl methyl sites for hydroxylation is 1. The molecule has 2 nitrogen and oxygen atoms in total. The van der Waals surface area contributed by atoms with Gasteiger partial charge in [-0.3, -0.25) is 4.79 Å². The van der Waals surface area contributed by atoms with Crippen LogP contribution in [0.15, 0.2) is 66.4 Å². The Morgan fingerprint density at radius 2 is 1.67 bits per heavy atom. The Kier molecular flexibility index (Phi) is 4.94.